The Balaban J connectivity index is 2.96. The lowest BCUT2D eigenvalue weighted by atomic mass is 10.3. The number of rotatable bonds is 5. The molecule has 1 unspecified atom stereocenters. The monoisotopic (exact) mass is 339 g/mol. The molecule has 0 heterocycles. The van der Waals surface area contributed by atoms with Crippen molar-refractivity contribution in [1.29, 1.82) is 0 Å². The number of sulfonamides is 1. The number of nitrogens with one attached hydrogen (secondary N) is 1. The number of benzene rings is 1. The second kappa shape index (κ2) is 5.77. The highest BCUT2D eigenvalue weighted by atomic mass is 79.9. The zero-order valence-corrected chi connectivity index (χ0v) is 11.8. The molecule has 0 spiro atoms. The SMILES string of the molecule is CC(CC(=O)O)NS(=O)(=O)c1ccc(F)cc1Br. The second-order valence-electron chi connectivity index (χ2n) is 3.69. The van der Waals surface area contributed by atoms with Crippen LogP contribution in [0.4, 0.5) is 4.39 Å². The second-order valence-corrected chi connectivity index (χ2v) is 6.23. The molecule has 100 valence electrons. The van der Waals surface area contributed by atoms with E-state index in [1.54, 1.807) is 0 Å². The molecule has 0 radical (unpaired) electrons. The van der Waals surface area contributed by atoms with Gasteiger partial charge in [-0.2, -0.15) is 0 Å². The van der Waals surface area contributed by atoms with E-state index in [9.17, 15) is 17.6 Å². The third-order valence-electron chi connectivity index (χ3n) is 2.02. The van der Waals surface area contributed by atoms with Crippen molar-refractivity contribution >= 4 is 31.9 Å². The molecule has 0 aliphatic heterocycles. The minimum Gasteiger partial charge on any atom is -0.481 e. The summed E-state index contributed by atoms with van der Waals surface area (Å²) in [6.07, 6.45) is -0.335. The van der Waals surface area contributed by atoms with Gasteiger partial charge in [0, 0.05) is 10.5 Å². The molecule has 1 aromatic rings. The van der Waals surface area contributed by atoms with Gasteiger partial charge in [0.25, 0.3) is 0 Å². The van der Waals surface area contributed by atoms with Crippen LogP contribution in [0.15, 0.2) is 27.6 Å². The standard InChI is InChI=1S/C10H11BrFNO4S/c1-6(4-10(14)15)13-18(16,17)9-3-2-7(12)5-8(9)11/h2-3,5-6,13H,4H2,1H3,(H,14,15). The fourth-order valence-electron chi connectivity index (χ4n) is 1.33. The highest BCUT2D eigenvalue weighted by Gasteiger charge is 2.21. The van der Waals surface area contributed by atoms with Gasteiger partial charge in [-0.15, -0.1) is 0 Å². The van der Waals surface area contributed by atoms with Crippen LogP contribution in [0.3, 0.4) is 0 Å². The first-order chi connectivity index (χ1) is 8.22. The summed E-state index contributed by atoms with van der Waals surface area (Å²) in [4.78, 5) is 10.3. The minimum absolute atomic E-state index is 0.0810. The summed E-state index contributed by atoms with van der Waals surface area (Å²) in [5.74, 6) is -1.68. The van der Waals surface area contributed by atoms with Gasteiger partial charge in [0.2, 0.25) is 10.0 Å². The fourth-order valence-corrected chi connectivity index (χ4v) is 3.62. The van der Waals surface area contributed by atoms with Gasteiger partial charge in [-0.1, -0.05) is 0 Å². The van der Waals surface area contributed by atoms with Crippen molar-refractivity contribution in [2.24, 2.45) is 0 Å². The molecule has 0 aromatic heterocycles. The largest absolute Gasteiger partial charge is 0.481 e. The Kier molecular flexibility index (Phi) is 4.83. The molecular formula is C10H11BrFNO4S. The molecular weight excluding hydrogens is 329 g/mol. The Morgan fingerprint density at radius 1 is 1.56 bits per heavy atom. The van der Waals surface area contributed by atoms with Gasteiger partial charge in [0.1, 0.15) is 5.82 Å². The number of halogens is 2. The molecule has 8 heteroatoms. The Hall–Kier alpha value is -0.990. The first-order valence-electron chi connectivity index (χ1n) is 4.91. The maximum atomic E-state index is 12.8. The topological polar surface area (TPSA) is 83.5 Å². The number of carboxylic acid groups (broad SMARTS) is 1. The maximum Gasteiger partial charge on any atom is 0.304 e. The number of hydrogen-bond donors (Lipinski definition) is 2. The van der Waals surface area contributed by atoms with Crippen LogP contribution in [0.1, 0.15) is 13.3 Å². The van der Waals surface area contributed by atoms with Crippen molar-refractivity contribution in [3.8, 4) is 0 Å². The van der Waals surface area contributed by atoms with Crippen LogP contribution < -0.4 is 4.72 Å². The Morgan fingerprint density at radius 3 is 2.67 bits per heavy atom. The van der Waals surface area contributed by atoms with Crippen LogP contribution in [0.2, 0.25) is 0 Å². The van der Waals surface area contributed by atoms with E-state index in [0.717, 1.165) is 18.2 Å². The van der Waals surface area contributed by atoms with Crippen molar-refractivity contribution in [1.82, 2.24) is 4.72 Å². The summed E-state index contributed by atoms with van der Waals surface area (Å²) in [6, 6.07) is 2.39. The molecule has 2 N–H and O–H groups in total. The number of hydrogen-bond acceptors (Lipinski definition) is 3. The third kappa shape index (κ3) is 4.04. The first kappa shape index (κ1) is 15.1. The van der Waals surface area contributed by atoms with E-state index < -0.39 is 27.9 Å². The Morgan fingerprint density at radius 2 is 2.17 bits per heavy atom. The normalized spacial score (nSPS) is 13.3. The lowest BCUT2D eigenvalue weighted by Gasteiger charge is -2.13. The quantitative estimate of drug-likeness (QED) is 0.855. The van der Waals surface area contributed by atoms with Gasteiger partial charge >= 0.3 is 5.97 Å². The van der Waals surface area contributed by atoms with E-state index in [1.807, 2.05) is 0 Å². The molecule has 1 aromatic carbocycles. The molecule has 0 aliphatic rings. The average Bonchev–Trinajstić information content (AvgIpc) is 2.13. The summed E-state index contributed by atoms with van der Waals surface area (Å²) in [5.41, 5.74) is 0. The molecule has 1 atom stereocenters. The molecule has 5 nitrogen and oxygen atoms in total. The first-order valence-corrected chi connectivity index (χ1v) is 7.19. The van der Waals surface area contributed by atoms with Crippen LogP contribution in [0.25, 0.3) is 0 Å². The molecule has 18 heavy (non-hydrogen) atoms. The van der Waals surface area contributed by atoms with E-state index in [-0.39, 0.29) is 15.8 Å². The molecule has 0 amide bonds. The van der Waals surface area contributed by atoms with Crippen LogP contribution in [-0.2, 0) is 14.8 Å². The molecule has 1 rings (SSSR count). The Labute approximate surface area is 112 Å². The number of carbonyl (C=O) groups is 1. The van der Waals surface area contributed by atoms with Crippen LogP contribution in [0, 0.1) is 5.82 Å². The Bertz CT molecular complexity index is 561. The zero-order chi connectivity index (χ0) is 13.9. The van der Waals surface area contributed by atoms with Crippen molar-refractivity contribution in [2.45, 2.75) is 24.3 Å². The van der Waals surface area contributed by atoms with Gasteiger partial charge in [-0.3, -0.25) is 4.79 Å². The molecule has 0 saturated carbocycles. The lowest BCUT2D eigenvalue weighted by molar-refractivity contribution is -0.137. The fraction of sp³-hybridized carbons (Fsp3) is 0.300. The van der Waals surface area contributed by atoms with Crippen molar-refractivity contribution in [3.63, 3.8) is 0 Å². The van der Waals surface area contributed by atoms with Gasteiger partial charge in [0.05, 0.1) is 11.3 Å². The zero-order valence-electron chi connectivity index (χ0n) is 9.35. The minimum atomic E-state index is -3.88. The molecule has 0 saturated heterocycles. The third-order valence-corrected chi connectivity index (χ3v) is 4.59. The van der Waals surface area contributed by atoms with E-state index in [1.165, 1.54) is 6.92 Å². The lowest BCUT2D eigenvalue weighted by Crippen LogP contribution is -2.34. The predicted octanol–water partition coefficient (Wildman–Crippen LogP) is 1.73. The molecule has 0 bridgehead atoms. The highest BCUT2D eigenvalue weighted by molar-refractivity contribution is 9.10. The molecule has 0 aliphatic carbocycles. The highest BCUT2D eigenvalue weighted by Crippen LogP contribution is 2.22. The van der Waals surface area contributed by atoms with E-state index >= 15 is 0 Å². The van der Waals surface area contributed by atoms with E-state index in [4.69, 9.17) is 5.11 Å². The average molecular weight is 340 g/mol. The van der Waals surface area contributed by atoms with Gasteiger partial charge in [-0.25, -0.2) is 17.5 Å². The van der Waals surface area contributed by atoms with Gasteiger partial charge in [-0.05, 0) is 41.1 Å². The summed E-state index contributed by atoms with van der Waals surface area (Å²) in [5, 5.41) is 8.55. The summed E-state index contributed by atoms with van der Waals surface area (Å²) in [6.45, 7) is 1.43. The van der Waals surface area contributed by atoms with E-state index in [2.05, 4.69) is 20.7 Å². The predicted molar refractivity (Wildman–Crippen MR) is 66.1 cm³/mol. The van der Waals surface area contributed by atoms with Crippen LogP contribution in [-0.4, -0.2) is 25.5 Å². The summed E-state index contributed by atoms with van der Waals surface area (Å²) in [7, 11) is -3.88. The molecule has 0 fully saturated rings. The number of carboxylic acids is 1. The van der Waals surface area contributed by atoms with Crippen molar-refractivity contribution in [3.05, 3.63) is 28.5 Å². The van der Waals surface area contributed by atoms with Gasteiger partial charge in [0.15, 0.2) is 0 Å². The van der Waals surface area contributed by atoms with Crippen molar-refractivity contribution in [2.75, 3.05) is 0 Å². The van der Waals surface area contributed by atoms with E-state index in [0.29, 0.717) is 0 Å². The smallest absolute Gasteiger partial charge is 0.304 e. The van der Waals surface area contributed by atoms with Gasteiger partial charge < -0.3 is 5.11 Å². The van der Waals surface area contributed by atoms with Crippen LogP contribution >= 0.6 is 15.9 Å². The summed E-state index contributed by atoms with van der Waals surface area (Å²) >= 11 is 2.95. The maximum absolute atomic E-state index is 12.8. The van der Waals surface area contributed by atoms with Crippen LogP contribution in [0.5, 0.6) is 0 Å². The summed E-state index contributed by atoms with van der Waals surface area (Å²) < 4.78 is 38.9. The van der Waals surface area contributed by atoms with Crippen molar-refractivity contribution < 1.29 is 22.7 Å². The number of aliphatic carboxylic acids is 1.